The molecule has 2 aromatic carbocycles. The van der Waals surface area contributed by atoms with Gasteiger partial charge in [-0.05, 0) is 65.9 Å². The molecule has 0 unspecified atom stereocenters. The van der Waals surface area contributed by atoms with E-state index in [0.29, 0.717) is 36.0 Å². The molecule has 8 heteroatoms. The zero-order valence-corrected chi connectivity index (χ0v) is 21.2. The monoisotopic (exact) mass is 491 g/mol. The van der Waals surface area contributed by atoms with Gasteiger partial charge in [0, 0.05) is 18.8 Å². The SMILES string of the molecule is COc1ccc(C[C@H]2c3cc(OC)c(OC)cc3CCN2CC(=O)NCc2ccccn2)cc1OC. The Balaban J connectivity index is 1.61. The van der Waals surface area contributed by atoms with E-state index in [2.05, 4.69) is 15.2 Å². The van der Waals surface area contributed by atoms with Gasteiger partial charge in [0.2, 0.25) is 5.91 Å². The number of methoxy groups -OCH3 is 4. The summed E-state index contributed by atoms with van der Waals surface area (Å²) < 4.78 is 22.1. The van der Waals surface area contributed by atoms with Crippen molar-refractivity contribution in [3.05, 3.63) is 77.1 Å². The summed E-state index contributed by atoms with van der Waals surface area (Å²) in [5.74, 6) is 2.71. The Bertz CT molecular complexity index is 1190. The van der Waals surface area contributed by atoms with Gasteiger partial charge in [-0.3, -0.25) is 14.7 Å². The van der Waals surface area contributed by atoms with Crippen molar-refractivity contribution in [2.45, 2.75) is 25.4 Å². The Morgan fingerprint density at radius 1 is 0.944 bits per heavy atom. The van der Waals surface area contributed by atoms with Gasteiger partial charge >= 0.3 is 0 Å². The summed E-state index contributed by atoms with van der Waals surface area (Å²) >= 11 is 0. The molecule has 4 rings (SSSR count). The highest BCUT2D eigenvalue weighted by Crippen LogP contribution is 2.40. The number of pyridine rings is 1. The quantitative estimate of drug-likeness (QED) is 0.464. The summed E-state index contributed by atoms with van der Waals surface area (Å²) in [5.41, 5.74) is 4.24. The summed E-state index contributed by atoms with van der Waals surface area (Å²) in [6.07, 6.45) is 3.23. The first-order chi connectivity index (χ1) is 17.6. The van der Waals surface area contributed by atoms with Crippen LogP contribution < -0.4 is 24.3 Å². The van der Waals surface area contributed by atoms with E-state index in [-0.39, 0.29) is 18.5 Å². The molecular weight excluding hydrogens is 458 g/mol. The van der Waals surface area contributed by atoms with Gasteiger partial charge in [-0.25, -0.2) is 0 Å². The van der Waals surface area contributed by atoms with Crippen LogP contribution in [0.4, 0.5) is 0 Å². The molecule has 1 atom stereocenters. The van der Waals surface area contributed by atoms with Crippen LogP contribution >= 0.6 is 0 Å². The van der Waals surface area contributed by atoms with Gasteiger partial charge in [-0.2, -0.15) is 0 Å². The van der Waals surface area contributed by atoms with Crippen molar-refractivity contribution >= 4 is 5.91 Å². The molecule has 1 aromatic heterocycles. The first-order valence-electron chi connectivity index (χ1n) is 11.9. The summed E-state index contributed by atoms with van der Waals surface area (Å²) in [6.45, 7) is 1.42. The maximum absolute atomic E-state index is 12.9. The van der Waals surface area contributed by atoms with Gasteiger partial charge in [0.25, 0.3) is 0 Å². The van der Waals surface area contributed by atoms with Crippen molar-refractivity contribution in [1.29, 1.82) is 0 Å². The lowest BCUT2D eigenvalue weighted by Crippen LogP contribution is -2.43. The number of hydrogen-bond acceptors (Lipinski definition) is 7. The van der Waals surface area contributed by atoms with Crippen LogP contribution in [0, 0.1) is 0 Å². The van der Waals surface area contributed by atoms with Crippen molar-refractivity contribution < 1.29 is 23.7 Å². The van der Waals surface area contributed by atoms with Crippen LogP contribution in [0.5, 0.6) is 23.0 Å². The summed E-state index contributed by atoms with van der Waals surface area (Å²) in [6, 6.07) is 15.7. The van der Waals surface area contributed by atoms with E-state index in [9.17, 15) is 4.79 Å². The van der Waals surface area contributed by atoms with E-state index in [0.717, 1.165) is 29.8 Å². The van der Waals surface area contributed by atoms with E-state index >= 15 is 0 Å². The smallest absolute Gasteiger partial charge is 0.234 e. The van der Waals surface area contributed by atoms with Crippen LogP contribution in [0.1, 0.15) is 28.4 Å². The summed E-state index contributed by atoms with van der Waals surface area (Å²) in [5, 5.41) is 3.00. The molecule has 0 aliphatic carbocycles. The minimum absolute atomic E-state index is 0.0349. The summed E-state index contributed by atoms with van der Waals surface area (Å²) in [7, 11) is 6.54. The average Bonchev–Trinajstić information content (AvgIpc) is 2.92. The molecule has 1 aliphatic rings. The summed E-state index contributed by atoms with van der Waals surface area (Å²) in [4.78, 5) is 19.4. The topological polar surface area (TPSA) is 82.2 Å². The Kier molecular flexibility index (Phi) is 8.28. The normalized spacial score (nSPS) is 15.1. The van der Waals surface area contributed by atoms with Gasteiger partial charge in [0.05, 0.1) is 47.2 Å². The predicted octanol–water partition coefficient (Wildman–Crippen LogP) is 3.57. The molecule has 0 spiro atoms. The van der Waals surface area contributed by atoms with Gasteiger partial charge in [-0.1, -0.05) is 12.1 Å². The predicted molar refractivity (Wildman–Crippen MR) is 137 cm³/mol. The maximum atomic E-state index is 12.9. The van der Waals surface area contributed by atoms with E-state index in [1.54, 1.807) is 34.6 Å². The lowest BCUT2D eigenvalue weighted by atomic mass is 9.88. The lowest BCUT2D eigenvalue weighted by Gasteiger charge is -2.37. The first kappa shape index (κ1) is 25.3. The number of benzene rings is 2. The highest BCUT2D eigenvalue weighted by atomic mass is 16.5. The third kappa shape index (κ3) is 5.71. The Morgan fingerprint density at radius 2 is 1.67 bits per heavy atom. The molecule has 0 saturated heterocycles. The van der Waals surface area contributed by atoms with Crippen molar-refractivity contribution in [3.8, 4) is 23.0 Å². The zero-order valence-electron chi connectivity index (χ0n) is 21.2. The third-order valence-electron chi connectivity index (χ3n) is 6.53. The molecule has 8 nitrogen and oxygen atoms in total. The fourth-order valence-corrected chi connectivity index (χ4v) is 4.67. The standard InChI is InChI=1S/C28H33N3O5/c1-33-24-9-8-19(14-25(24)34-2)13-23-22-16-27(36-4)26(35-3)15-20(22)10-12-31(23)18-28(32)30-17-21-7-5-6-11-29-21/h5-9,11,14-16,23H,10,12-13,17-18H2,1-4H3,(H,30,32)/t23-/m0/s1. The fraction of sp³-hybridized carbons (Fsp3) is 0.357. The minimum Gasteiger partial charge on any atom is -0.493 e. The number of hydrogen-bond donors (Lipinski definition) is 1. The Morgan fingerprint density at radius 3 is 2.36 bits per heavy atom. The molecule has 1 aliphatic heterocycles. The fourth-order valence-electron chi connectivity index (χ4n) is 4.67. The van der Waals surface area contributed by atoms with Crippen LogP contribution in [-0.4, -0.2) is 57.3 Å². The number of aromatic nitrogens is 1. The molecule has 190 valence electrons. The molecule has 1 amide bonds. The minimum atomic E-state index is -0.0399. The number of carbonyl (C=O) groups is 1. The first-order valence-corrected chi connectivity index (χ1v) is 11.9. The lowest BCUT2D eigenvalue weighted by molar-refractivity contribution is -0.123. The second-order valence-corrected chi connectivity index (χ2v) is 8.63. The molecule has 3 aromatic rings. The number of rotatable bonds is 10. The average molecular weight is 492 g/mol. The van der Waals surface area contributed by atoms with E-state index in [1.807, 2.05) is 48.5 Å². The largest absolute Gasteiger partial charge is 0.493 e. The number of nitrogens with zero attached hydrogens (tertiary/aromatic N) is 2. The second kappa shape index (κ2) is 11.8. The number of ether oxygens (including phenoxy) is 4. The highest BCUT2D eigenvalue weighted by Gasteiger charge is 2.30. The molecule has 1 N–H and O–H groups in total. The van der Waals surface area contributed by atoms with E-state index in [1.165, 1.54) is 5.56 Å². The number of carbonyl (C=O) groups excluding carboxylic acids is 1. The van der Waals surface area contributed by atoms with E-state index < -0.39 is 0 Å². The van der Waals surface area contributed by atoms with Gasteiger partial charge in [0.1, 0.15) is 0 Å². The molecule has 0 bridgehead atoms. The Labute approximate surface area is 212 Å². The van der Waals surface area contributed by atoms with Crippen LogP contribution in [0.25, 0.3) is 0 Å². The van der Waals surface area contributed by atoms with Crippen molar-refractivity contribution in [2.24, 2.45) is 0 Å². The molecule has 0 saturated carbocycles. The maximum Gasteiger partial charge on any atom is 0.234 e. The molecule has 2 heterocycles. The van der Waals surface area contributed by atoms with Crippen LogP contribution in [0.2, 0.25) is 0 Å². The number of amides is 1. The molecule has 0 radical (unpaired) electrons. The van der Waals surface area contributed by atoms with Gasteiger partial charge in [0.15, 0.2) is 23.0 Å². The van der Waals surface area contributed by atoms with Crippen LogP contribution in [-0.2, 0) is 24.2 Å². The highest BCUT2D eigenvalue weighted by molar-refractivity contribution is 5.78. The number of fused-ring (bicyclic) bond motifs is 1. The van der Waals surface area contributed by atoms with Crippen molar-refractivity contribution in [1.82, 2.24) is 15.2 Å². The van der Waals surface area contributed by atoms with Crippen LogP contribution in [0.15, 0.2) is 54.7 Å². The van der Waals surface area contributed by atoms with Crippen molar-refractivity contribution in [3.63, 3.8) is 0 Å². The molecule has 36 heavy (non-hydrogen) atoms. The van der Waals surface area contributed by atoms with Crippen LogP contribution in [0.3, 0.4) is 0 Å². The van der Waals surface area contributed by atoms with E-state index in [4.69, 9.17) is 18.9 Å². The Hall–Kier alpha value is -3.78. The molecular formula is C28H33N3O5. The number of nitrogens with one attached hydrogen (secondary N) is 1. The van der Waals surface area contributed by atoms with Crippen molar-refractivity contribution in [2.75, 3.05) is 41.5 Å². The second-order valence-electron chi connectivity index (χ2n) is 8.63. The molecule has 0 fully saturated rings. The zero-order chi connectivity index (χ0) is 25.5. The third-order valence-corrected chi connectivity index (χ3v) is 6.53. The van der Waals surface area contributed by atoms with Gasteiger partial charge < -0.3 is 24.3 Å². The van der Waals surface area contributed by atoms with Gasteiger partial charge in [-0.15, -0.1) is 0 Å².